The first-order valence-corrected chi connectivity index (χ1v) is 9.40. The molecule has 2 heterocycles. The molecule has 3 aromatic rings. The number of hydrogen-bond donors (Lipinski definition) is 2. The maximum absolute atomic E-state index is 12.9. The van der Waals surface area contributed by atoms with E-state index in [1.54, 1.807) is 6.92 Å². The molecule has 0 unspecified atom stereocenters. The summed E-state index contributed by atoms with van der Waals surface area (Å²) in [5.41, 5.74) is 3.75. The van der Waals surface area contributed by atoms with Crippen LogP contribution in [0.1, 0.15) is 18.1 Å². The van der Waals surface area contributed by atoms with Gasteiger partial charge in [0.1, 0.15) is 11.4 Å². The number of hydrogen-bond acceptors (Lipinski definition) is 5. The van der Waals surface area contributed by atoms with Crippen molar-refractivity contribution >= 4 is 33.5 Å². The summed E-state index contributed by atoms with van der Waals surface area (Å²) in [5, 5.41) is 7.04. The molecule has 140 valence electrons. The predicted molar refractivity (Wildman–Crippen MR) is 106 cm³/mol. The van der Waals surface area contributed by atoms with Gasteiger partial charge in [-0.15, -0.1) is 11.3 Å². The van der Waals surface area contributed by atoms with E-state index in [4.69, 9.17) is 0 Å². The molecule has 8 heteroatoms. The first kappa shape index (κ1) is 18.8. The number of carbonyl (C=O) groups is 2. The number of aryl methyl sites for hydroxylation is 2. The Kier molecular flexibility index (Phi) is 5.36. The third-order valence-electron chi connectivity index (χ3n) is 4.28. The van der Waals surface area contributed by atoms with Gasteiger partial charge < -0.3 is 5.32 Å². The topological polar surface area (TPSA) is 93.1 Å². The maximum Gasteiger partial charge on any atom is 0.321 e. The van der Waals surface area contributed by atoms with E-state index in [0.717, 1.165) is 16.7 Å². The van der Waals surface area contributed by atoms with Crippen molar-refractivity contribution < 1.29 is 9.59 Å². The van der Waals surface area contributed by atoms with Crippen LogP contribution in [0, 0.1) is 13.8 Å². The van der Waals surface area contributed by atoms with Crippen molar-refractivity contribution in [1.82, 2.24) is 20.2 Å². The average molecular weight is 384 g/mol. The van der Waals surface area contributed by atoms with E-state index in [-0.39, 0.29) is 12.1 Å². The Morgan fingerprint density at radius 2 is 2.00 bits per heavy atom. The Morgan fingerprint density at radius 3 is 2.70 bits per heavy atom. The number of thiophene rings is 1. The van der Waals surface area contributed by atoms with Crippen molar-refractivity contribution in [3.63, 3.8) is 0 Å². The molecule has 0 bridgehead atoms. The quantitative estimate of drug-likeness (QED) is 0.723. The molecular formula is C19H20N4O3S. The third kappa shape index (κ3) is 3.90. The van der Waals surface area contributed by atoms with Gasteiger partial charge >= 0.3 is 6.03 Å². The van der Waals surface area contributed by atoms with E-state index in [0.29, 0.717) is 16.8 Å². The van der Waals surface area contributed by atoms with Crippen LogP contribution in [0.4, 0.5) is 4.79 Å². The molecule has 3 amide bonds. The summed E-state index contributed by atoms with van der Waals surface area (Å²) in [4.78, 5) is 41.3. The minimum absolute atomic E-state index is 0.277. The van der Waals surface area contributed by atoms with Gasteiger partial charge in [0.15, 0.2) is 0 Å². The van der Waals surface area contributed by atoms with E-state index >= 15 is 0 Å². The van der Waals surface area contributed by atoms with Crippen LogP contribution in [0.15, 0.2) is 34.7 Å². The van der Waals surface area contributed by atoms with Crippen LogP contribution in [-0.4, -0.2) is 28.0 Å². The van der Waals surface area contributed by atoms with Crippen molar-refractivity contribution in [2.75, 3.05) is 6.54 Å². The van der Waals surface area contributed by atoms with Crippen molar-refractivity contribution in [2.24, 2.45) is 0 Å². The molecule has 0 aliphatic rings. The molecule has 0 fully saturated rings. The van der Waals surface area contributed by atoms with E-state index < -0.39 is 11.9 Å². The molecule has 2 N–H and O–H groups in total. The lowest BCUT2D eigenvalue weighted by molar-refractivity contribution is -0.120. The molecule has 0 aliphatic carbocycles. The van der Waals surface area contributed by atoms with Crippen LogP contribution in [0.25, 0.3) is 21.3 Å². The second-order valence-electron chi connectivity index (χ2n) is 6.21. The van der Waals surface area contributed by atoms with Gasteiger partial charge in [-0.25, -0.2) is 9.78 Å². The van der Waals surface area contributed by atoms with Crippen molar-refractivity contribution in [3.8, 4) is 11.1 Å². The number of imide groups is 1. The van der Waals surface area contributed by atoms with E-state index in [1.165, 1.54) is 27.8 Å². The summed E-state index contributed by atoms with van der Waals surface area (Å²) < 4.78 is 1.22. The minimum atomic E-state index is -0.587. The number of carbonyl (C=O) groups excluding carboxylic acids is 2. The first-order valence-electron chi connectivity index (χ1n) is 8.52. The lowest BCUT2D eigenvalue weighted by Crippen LogP contribution is -2.42. The average Bonchev–Trinajstić information content (AvgIpc) is 3.05. The van der Waals surface area contributed by atoms with Gasteiger partial charge in [0.25, 0.3) is 5.56 Å². The SMILES string of the molecule is CCNC(=O)NC(=O)Cn1cnc2scc(-c3ccc(C)c(C)c3)c2c1=O. The molecule has 0 saturated carbocycles. The Labute approximate surface area is 160 Å². The molecule has 0 atom stereocenters. The maximum atomic E-state index is 12.9. The Bertz CT molecular complexity index is 1080. The van der Waals surface area contributed by atoms with Gasteiger partial charge in [0.2, 0.25) is 5.91 Å². The molecular weight excluding hydrogens is 364 g/mol. The minimum Gasteiger partial charge on any atom is -0.338 e. The monoisotopic (exact) mass is 384 g/mol. The highest BCUT2D eigenvalue weighted by Crippen LogP contribution is 2.31. The molecule has 0 aliphatic heterocycles. The Balaban J connectivity index is 1.97. The number of amides is 3. The van der Waals surface area contributed by atoms with Gasteiger partial charge in [-0.2, -0.15) is 0 Å². The molecule has 2 aromatic heterocycles. The highest BCUT2D eigenvalue weighted by atomic mass is 32.1. The number of benzene rings is 1. The number of rotatable bonds is 4. The summed E-state index contributed by atoms with van der Waals surface area (Å²) in [6, 6.07) is 5.44. The van der Waals surface area contributed by atoms with Gasteiger partial charge in [-0.05, 0) is 37.5 Å². The molecule has 7 nitrogen and oxygen atoms in total. The zero-order valence-corrected chi connectivity index (χ0v) is 16.1. The smallest absolute Gasteiger partial charge is 0.321 e. The van der Waals surface area contributed by atoms with Crippen molar-refractivity contribution in [1.29, 1.82) is 0 Å². The fourth-order valence-corrected chi connectivity index (χ4v) is 3.63. The molecule has 3 rings (SSSR count). The highest BCUT2D eigenvalue weighted by Gasteiger charge is 2.16. The van der Waals surface area contributed by atoms with Gasteiger partial charge in [0, 0.05) is 17.5 Å². The van der Waals surface area contributed by atoms with E-state index in [1.807, 2.05) is 37.4 Å². The van der Waals surface area contributed by atoms with Gasteiger partial charge in [-0.1, -0.05) is 18.2 Å². The predicted octanol–water partition coefficient (Wildman–Crippen LogP) is 2.59. The Hall–Kier alpha value is -3.00. The van der Waals surface area contributed by atoms with Crippen LogP contribution in [0.5, 0.6) is 0 Å². The van der Waals surface area contributed by atoms with Crippen LogP contribution in [-0.2, 0) is 11.3 Å². The fraction of sp³-hybridized carbons (Fsp3) is 0.263. The number of nitrogens with one attached hydrogen (secondary N) is 2. The zero-order valence-electron chi connectivity index (χ0n) is 15.3. The number of nitrogens with zero attached hydrogens (tertiary/aromatic N) is 2. The molecule has 0 radical (unpaired) electrons. The summed E-state index contributed by atoms with van der Waals surface area (Å²) in [6.45, 7) is 5.93. The number of urea groups is 1. The number of aromatic nitrogens is 2. The summed E-state index contributed by atoms with van der Waals surface area (Å²) in [6.07, 6.45) is 1.34. The van der Waals surface area contributed by atoms with Crippen LogP contribution < -0.4 is 16.2 Å². The fourth-order valence-electron chi connectivity index (χ4n) is 2.73. The van der Waals surface area contributed by atoms with Crippen LogP contribution in [0.3, 0.4) is 0 Å². The van der Waals surface area contributed by atoms with Crippen molar-refractivity contribution in [2.45, 2.75) is 27.3 Å². The lowest BCUT2D eigenvalue weighted by atomic mass is 10.0. The van der Waals surface area contributed by atoms with Crippen molar-refractivity contribution in [3.05, 3.63) is 51.4 Å². The first-order chi connectivity index (χ1) is 12.9. The van der Waals surface area contributed by atoms with Gasteiger partial charge in [0.05, 0.1) is 11.7 Å². The molecule has 0 spiro atoms. The van der Waals surface area contributed by atoms with Crippen LogP contribution >= 0.6 is 11.3 Å². The standard InChI is InChI=1S/C19H20N4O3S/c1-4-20-19(26)22-15(24)8-23-10-21-17-16(18(23)25)14(9-27-17)13-6-5-11(2)12(3)7-13/h5-7,9-10H,4,8H2,1-3H3,(H2,20,22,24,26). The van der Waals surface area contributed by atoms with Gasteiger partial charge in [-0.3, -0.25) is 19.5 Å². The molecule has 1 aromatic carbocycles. The van der Waals surface area contributed by atoms with E-state index in [9.17, 15) is 14.4 Å². The second kappa shape index (κ2) is 7.71. The molecule has 27 heavy (non-hydrogen) atoms. The second-order valence-corrected chi connectivity index (χ2v) is 7.07. The van der Waals surface area contributed by atoms with E-state index in [2.05, 4.69) is 15.6 Å². The normalized spacial score (nSPS) is 10.8. The third-order valence-corrected chi connectivity index (χ3v) is 5.17. The lowest BCUT2D eigenvalue weighted by Gasteiger charge is -2.08. The highest BCUT2D eigenvalue weighted by molar-refractivity contribution is 7.17. The molecule has 0 saturated heterocycles. The largest absolute Gasteiger partial charge is 0.338 e. The van der Waals surface area contributed by atoms with Crippen LogP contribution in [0.2, 0.25) is 0 Å². The summed E-state index contributed by atoms with van der Waals surface area (Å²) >= 11 is 1.39. The zero-order chi connectivity index (χ0) is 19.6. The Morgan fingerprint density at radius 1 is 1.22 bits per heavy atom. The number of fused-ring (bicyclic) bond motifs is 1. The summed E-state index contributed by atoms with van der Waals surface area (Å²) in [7, 11) is 0. The summed E-state index contributed by atoms with van der Waals surface area (Å²) in [5.74, 6) is -0.577.